The van der Waals surface area contributed by atoms with Crippen molar-refractivity contribution in [3.8, 4) is 11.3 Å². The molecule has 0 spiro atoms. The van der Waals surface area contributed by atoms with Gasteiger partial charge in [-0.1, -0.05) is 34.8 Å². The second-order valence-corrected chi connectivity index (χ2v) is 8.23. The maximum atomic E-state index is 12.2. The summed E-state index contributed by atoms with van der Waals surface area (Å²) < 4.78 is 7.02. The number of fused-ring (bicyclic) bond motifs is 1. The van der Waals surface area contributed by atoms with Crippen molar-refractivity contribution in [2.75, 3.05) is 0 Å². The van der Waals surface area contributed by atoms with Crippen LogP contribution in [0.3, 0.4) is 0 Å². The van der Waals surface area contributed by atoms with Gasteiger partial charge in [-0.25, -0.2) is 4.79 Å². The quantitative estimate of drug-likeness (QED) is 0.548. The molecule has 0 bridgehead atoms. The first-order valence-electron chi connectivity index (χ1n) is 8.77. The summed E-state index contributed by atoms with van der Waals surface area (Å²) in [4.78, 5) is 24.3. The van der Waals surface area contributed by atoms with Gasteiger partial charge >= 0.3 is 11.9 Å². The Morgan fingerprint density at radius 3 is 2.66 bits per heavy atom. The molecule has 29 heavy (non-hydrogen) atoms. The number of ether oxygens (including phenoxy) is 1. The van der Waals surface area contributed by atoms with Gasteiger partial charge in [-0.3, -0.25) is 4.40 Å². The minimum atomic E-state index is -0.613. The highest BCUT2D eigenvalue weighted by Gasteiger charge is 2.22. The Bertz CT molecular complexity index is 1140. The van der Waals surface area contributed by atoms with Gasteiger partial charge in [0.1, 0.15) is 5.60 Å². The lowest BCUT2D eigenvalue weighted by atomic mass is 10.0. The average Bonchev–Trinajstić information content (AvgIpc) is 3.01. The number of nitrogens with one attached hydrogen (secondary N) is 1. The summed E-state index contributed by atoms with van der Waals surface area (Å²) in [6.07, 6.45) is 1.05. The predicted octanol–water partition coefficient (Wildman–Crippen LogP) is 5.59. The third-order valence-corrected chi connectivity index (χ3v) is 4.56. The van der Waals surface area contributed by atoms with Crippen molar-refractivity contribution in [3.63, 3.8) is 0 Å². The molecule has 1 aromatic carbocycles. The lowest BCUT2D eigenvalue weighted by Gasteiger charge is -2.21. The molecular formula is C20H19Cl2N5O2. The SMILES string of the molecule is [C-]#[N+]c1cn2c(-c3ccc(Cl)cc3Cl)c(CNC(=O)OC(C)(C)C)c(C)nc2n1. The predicted molar refractivity (Wildman–Crippen MR) is 113 cm³/mol. The van der Waals surface area contributed by atoms with E-state index in [0.29, 0.717) is 32.8 Å². The van der Waals surface area contributed by atoms with E-state index in [2.05, 4.69) is 20.1 Å². The van der Waals surface area contributed by atoms with E-state index in [1.165, 1.54) is 0 Å². The Morgan fingerprint density at radius 1 is 1.31 bits per heavy atom. The molecule has 2 aromatic heterocycles. The normalized spacial score (nSPS) is 11.3. The Morgan fingerprint density at radius 2 is 2.03 bits per heavy atom. The molecule has 0 atom stereocenters. The Kier molecular flexibility index (Phi) is 5.69. The van der Waals surface area contributed by atoms with Gasteiger partial charge in [0.05, 0.1) is 23.0 Å². The van der Waals surface area contributed by atoms with E-state index < -0.39 is 11.7 Å². The fourth-order valence-electron chi connectivity index (χ4n) is 2.85. The maximum absolute atomic E-state index is 12.2. The Labute approximate surface area is 178 Å². The lowest BCUT2D eigenvalue weighted by molar-refractivity contribution is 0.0523. The molecule has 0 fully saturated rings. The summed E-state index contributed by atoms with van der Waals surface area (Å²) in [5, 5.41) is 3.69. The molecule has 3 rings (SSSR count). The summed E-state index contributed by atoms with van der Waals surface area (Å²) in [5.74, 6) is 0.580. The van der Waals surface area contributed by atoms with Crippen LogP contribution in [0.15, 0.2) is 24.4 Å². The number of nitrogens with zero attached hydrogens (tertiary/aromatic N) is 4. The fraction of sp³-hybridized carbons (Fsp3) is 0.300. The van der Waals surface area contributed by atoms with Crippen LogP contribution in [0.5, 0.6) is 0 Å². The van der Waals surface area contributed by atoms with Crippen molar-refractivity contribution in [3.05, 3.63) is 57.1 Å². The standard InChI is InChI=1S/C20H19Cl2N5O2/c1-11-14(9-24-19(28)29-20(2,3)4)17(13-7-6-12(21)8-15(13)22)27-10-16(23-5)26-18(27)25-11/h6-8,10H,9H2,1-4H3,(H,24,28). The minimum Gasteiger partial charge on any atom is -0.444 e. The smallest absolute Gasteiger partial charge is 0.407 e. The summed E-state index contributed by atoms with van der Waals surface area (Å²) in [7, 11) is 0. The molecule has 9 heteroatoms. The van der Waals surface area contributed by atoms with Crippen LogP contribution in [0.2, 0.25) is 10.0 Å². The second kappa shape index (κ2) is 7.90. The average molecular weight is 432 g/mol. The molecule has 0 aliphatic heterocycles. The molecule has 1 N–H and O–H groups in total. The third-order valence-electron chi connectivity index (χ3n) is 4.01. The molecule has 150 valence electrons. The van der Waals surface area contributed by atoms with Crippen LogP contribution in [0.1, 0.15) is 32.0 Å². The topological polar surface area (TPSA) is 72.9 Å². The van der Waals surface area contributed by atoms with E-state index >= 15 is 0 Å². The molecule has 0 saturated heterocycles. The van der Waals surface area contributed by atoms with E-state index in [1.54, 1.807) is 49.6 Å². The number of hydrogen-bond acceptors (Lipinski definition) is 4. The zero-order chi connectivity index (χ0) is 21.3. The number of carbonyl (C=O) groups is 1. The number of aromatic nitrogens is 3. The second-order valence-electron chi connectivity index (χ2n) is 7.38. The lowest BCUT2D eigenvalue weighted by Crippen LogP contribution is -2.32. The van der Waals surface area contributed by atoms with Crippen molar-refractivity contribution in [1.82, 2.24) is 19.7 Å². The number of aryl methyl sites for hydroxylation is 1. The molecule has 1 amide bonds. The zero-order valence-corrected chi connectivity index (χ0v) is 17.9. The van der Waals surface area contributed by atoms with Gasteiger partial charge in [0.2, 0.25) is 0 Å². The highest BCUT2D eigenvalue weighted by atomic mass is 35.5. The van der Waals surface area contributed by atoms with Crippen molar-refractivity contribution >= 4 is 40.9 Å². The zero-order valence-electron chi connectivity index (χ0n) is 16.4. The molecule has 0 radical (unpaired) electrons. The Balaban J connectivity index is 2.14. The molecule has 0 saturated carbocycles. The minimum absolute atomic E-state index is 0.156. The number of carbonyl (C=O) groups excluding carboxylic acids is 1. The van der Waals surface area contributed by atoms with Gasteiger partial charge in [0, 0.05) is 22.3 Å². The first-order chi connectivity index (χ1) is 13.6. The number of benzene rings is 1. The van der Waals surface area contributed by atoms with Crippen molar-refractivity contribution in [2.24, 2.45) is 0 Å². The van der Waals surface area contributed by atoms with Crippen LogP contribution in [0, 0.1) is 13.5 Å². The van der Waals surface area contributed by atoms with Crippen LogP contribution in [-0.2, 0) is 11.3 Å². The van der Waals surface area contributed by atoms with Crippen LogP contribution in [0.4, 0.5) is 10.6 Å². The molecule has 2 heterocycles. The van der Waals surface area contributed by atoms with E-state index in [4.69, 9.17) is 34.5 Å². The van der Waals surface area contributed by atoms with Crippen LogP contribution < -0.4 is 5.32 Å². The summed E-state index contributed by atoms with van der Waals surface area (Å²) in [6, 6.07) is 5.15. The number of rotatable bonds is 3. The molecular weight excluding hydrogens is 413 g/mol. The summed E-state index contributed by atoms with van der Waals surface area (Å²) in [5.41, 5.74) is 2.12. The number of hydrogen-bond donors (Lipinski definition) is 1. The number of imidazole rings is 1. The number of amides is 1. The monoisotopic (exact) mass is 431 g/mol. The third kappa shape index (κ3) is 4.61. The number of halogens is 2. The van der Waals surface area contributed by atoms with Crippen molar-refractivity contribution < 1.29 is 9.53 Å². The van der Waals surface area contributed by atoms with Gasteiger partial charge < -0.3 is 14.9 Å². The molecule has 0 aliphatic rings. The summed E-state index contributed by atoms with van der Waals surface area (Å²) in [6.45, 7) is 14.6. The van der Waals surface area contributed by atoms with Gasteiger partial charge in [0.15, 0.2) is 0 Å². The van der Waals surface area contributed by atoms with E-state index in [1.807, 2.05) is 6.92 Å². The molecule has 7 nitrogen and oxygen atoms in total. The van der Waals surface area contributed by atoms with Crippen molar-refractivity contribution in [1.29, 1.82) is 0 Å². The highest BCUT2D eigenvalue weighted by Crippen LogP contribution is 2.34. The van der Waals surface area contributed by atoms with E-state index in [-0.39, 0.29) is 12.4 Å². The maximum Gasteiger partial charge on any atom is 0.407 e. The molecule has 3 aromatic rings. The van der Waals surface area contributed by atoms with Gasteiger partial charge in [0.25, 0.3) is 5.82 Å². The van der Waals surface area contributed by atoms with Crippen LogP contribution in [-0.4, -0.2) is 26.1 Å². The van der Waals surface area contributed by atoms with E-state index in [9.17, 15) is 4.79 Å². The first-order valence-corrected chi connectivity index (χ1v) is 9.53. The molecule has 0 unspecified atom stereocenters. The number of alkyl carbamates (subject to hydrolysis) is 1. The Hall–Kier alpha value is -2.82. The van der Waals surface area contributed by atoms with Gasteiger partial charge in [-0.05, 0) is 45.9 Å². The fourth-order valence-corrected chi connectivity index (χ4v) is 3.35. The summed E-state index contributed by atoms with van der Waals surface area (Å²) >= 11 is 12.5. The first kappa shape index (κ1) is 20.9. The molecule has 0 aliphatic carbocycles. The van der Waals surface area contributed by atoms with Crippen molar-refractivity contribution in [2.45, 2.75) is 39.8 Å². The van der Waals surface area contributed by atoms with E-state index in [0.717, 1.165) is 5.56 Å². The van der Waals surface area contributed by atoms with Gasteiger partial charge in [-0.15, -0.1) is 0 Å². The highest BCUT2D eigenvalue weighted by molar-refractivity contribution is 6.36. The van der Waals surface area contributed by atoms with Crippen LogP contribution >= 0.6 is 23.2 Å². The van der Waals surface area contributed by atoms with Crippen LogP contribution in [0.25, 0.3) is 21.9 Å². The largest absolute Gasteiger partial charge is 0.444 e. The van der Waals surface area contributed by atoms with Gasteiger partial charge in [-0.2, -0.15) is 4.98 Å².